The molecule has 0 spiro atoms. The molecule has 0 aliphatic carbocycles. The van der Waals surface area contributed by atoms with E-state index in [2.05, 4.69) is 15.9 Å². The molecule has 4 rings (SSSR count). The molecule has 0 saturated heterocycles. The smallest absolute Gasteiger partial charge is 0.315 e. The molecular formula is C24H17BrO4. The Labute approximate surface area is 176 Å². The number of fused-ring (bicyclic) bond motifs is 1. The quantitative estimate of drug-likeness (QED) is 0.299. The van der Waals surface area contributed by atoms with Gasteiger partial charge in [-0.2, -0.15) is 0 Å². The SMILES string of the molecule is Cc1c(OC(=O)Cc2ccccc2)ccc2c1O/C(=C\c1cccc(Br)c1)C2=O. The second-order valence-corrected chi connectivity index (χ2v) is 7.61. The van der Waals surface area contributed by atoms with E-state index in [0.717, 1.165) is 15.6 Å². The minimum Gasteiger partial charge on any atom is -0.452 e. The van der Waals surface area contributed by atoms with Crippen LogP contribution in [0.2, 0.25) is 0 Å². The summed E-state index contributed by atoms with van der Waals surface area (Å²) < 4.78 is 12.3. The summed E-state index contributed by atoms with van der Waals surface area (Å²) in [6.45, 7) is 1.78. The van der Waals surface area contributed by atoms with Crippen molar-refractivity contribution >= 4 is 33.8 Å². The van der Waals surface area contributed by atoms with Crippen molar-refractivity contribution in [3.8, 4) is 11.5 Å². The first-order valence-corrected chi connectivity index (χ1v) is 9.88. The Morgan fingerprint density at radius 2 is 1.86 bits per heavy atom. The van der Waals surface area contributed by atoms with Crippen molar-refractivity contribution in [2.24, 2.45) is 0 Å². The van der Waals surface area contributed by atoms with Crippen molar-refractivity contribution < 1.29 is 19.1 Å². The number of hydrogen-bond donors (Lipinski definition) is 0. The molecule has 0 unspecified atom stereocenters. The van der Waals surface area contributed by atoms with Crippen molar-refractivity contribution in [2.75, 3.05) is 0 Å². The average Bonchev–Trinajstić information content (AvgIpc) is 3.01. The van der Waals surface area contributed by atoms with Gasteiger partial charge in [0.05, 0.1) is 12.0 Å². The van der Waals surface area contributed by atoms with E-state index < -0.39 is 0 Å². The second kappa shape index (κ2) is 8.05. The first-order valence-electron chi connectivity index (χ1n) is 9.09. The standard InChI is InChI=1S/C24H17BrO4/c1-15-20(28-22(26)14-16-6-3-2-4-7-16)11-10-19-23(27)21(29-24(15)19)13-17-8-5-9-18(25)12-17/h2-13H,14H2,1H3/b21-13-. The Balaban J connectivity index is 1.56. The van der Waals surface area contributed by atoms with E-state index in [-0.39, 0.29) is 23.9 Å². The molecule has 0 aromatic heterocycles. The van der Waals surface area contributed by atoms with Crippen LogP contribution < -0.4 is 9.47 Å². The predicted octanol–water partition coefficient (Wildman–Crippen LogP) is 5.52. The summed E-state index contributed by atoms with van der Waals surface area (Å²) in [6.07, 6.45) is 1.87. The van der Waals surface area contributed by atoms with Gasteiger partial charge in [0.25, 0.3) is 0 Å². The van der Waals surface area contributed by atoms with E-state index in [0.29, 0.717) is 22.6 Å². The van der Waals surface area contributed by atoms with Gasteiger partial charge in [-0.3, -0.25) is 9.59 Å². The Bertz CT molecular complexity index is 1130. The van der Waals surface area contributed by atoms with E-state index in [1.54, 1.807) is 25.1 Å². The Morgan fingerprint density at radius 3 is 2.62 bits per heavy atom. The zero-order valence-electron chi connectivity index (χ0n) is 15.6. The van der Waals surface area contributed by atoms with Crippen LogP contribution in [0.5, 0.6) is 11.5 Å². The molecule has 5 heteroatoms. The zero-order valence-corrected chi connectivity index (χ0v) is 17.2. The molecule has 3 aromatic rings. The summed E-state index contributed by atoms with van der Waals surface area (Å²) in [5.74, 6) is 0.509. The molecule has 1 aliphatic heterocycles. The van der Waals surface area contributed by atoms with Crippen LogP contribution >= 0.6 is 15.9 Å². The molecule has 1 aliphatic rings. The number of esters is 1. The largest absolute Gasteiger partial charge is 0.452 e. The molecule has 0 radical (unpaired) electrons. The number of rotatable bonds is 4. The number of allylic oxidation sites excluding steroid dienone is 1. The minimum absolute atomic E-state index is 0.172. The number of ketones is 1. The van der Waals surface area contributed by atoms with Gasteiger partial charge in [-0.15, -0.1) is 0 Å². The Morgan fingerprint density at radius 1 is 1.07 bits per heavy atom. The normalized spacial score (nSPS) is 13.9. The Kier molecular flexibility index (Phi) is 5.32. The van der Waals surface area contributed by atoms with Crippen molar-refractivity contribution in [3.05, 3.63) is 99.2 Å². The number of carbonyl (C=O) groups is 2. The Hall–Kier alpha value is -3.18. The molecular weight excluding hydrogens is 432 g/mol. The minimum atomic E-state index is -0.367. The fourth-order valence-electron chi connectivity index (χ4n) is 3.15. The van der Waals surface area contributed by atoms with Crippen LogP contribution in [0.1, 0.15) is 27.0 Å². The molecule has 0 amide bonds. The molecule has 0 bridgehead atoms. The lowest BCUT2D eigenvalue weighted by molar-refractivity contribution is -0.133. The van der Waals surface area contributed by atoms with E-state index >= 15 is 0 Å². The lowest BCUT2D eigenvalue weighted by Crippen LogP contribution is -2.12. The molecule has 0 atom stereocenters. The van der Waals surface area contributed by atoms with Gasteiger partial charge >= 0.3 is 5.97 Å². The van der Waals surface area contributed by atoms with Gasteiger partial charge in [0.1, 0.15) is 11.5 Å². The van der Waals surface area contributed by atoms with Crippen LogP contribution in [0.3, 0.4) is 0 Å². The van der Waals surface area contributed by atoms with E-state index in [1.807, 2.05) is 54.6 Å². The lowest BCUT2D eigenvalue weighted by Gasteiger charge is -2.10. The molecule has 1 heterocycles. The summed E-state index contributed by atoms with van der Waals surface area (Å²) in [6, 6.07) is 20.3. The van der Waals surface area contributed by atoms with Gasteiger partial charge < -0.3 is 9.47 Å². The maximum Gasteiger partial charge on any atom is 0.315 e. The van der Waals surface area contributed by atoms with Gasteiger partial charge in [0.15, 0.2) is 5.76 Å². The number of benzene rings is 3. The first kappa shape index (κ1) is 19.2. The van der Waals surface area contributed by atoms with Crippen LogP contribution in [-0.4, -0.2) is 11.8 Å². The van der Waals surface area contributed by atoms with E-state index in [1.165, 1.54) is 0 Å². The maximum absolute atomic E-state index is 12.7. The highest BCUT2D eigenvalue weighted by Crippen LogP contribution is 2.39. The summed E-state index contributed by atoms with van der Waals surface area (Å²) in [4.78, 5) is 25.0. The summed E-state index contributed by atoms with van der Waals surface area (Å²) in [7, 11) is 0. The van der Waals surface area contributed by atoms with Crippen molar-refractivity contribution in [2.45, 2.75) is 13.3 Å². The maximum atomic E-state index is 12.7. The third-order valence-electron chi connectivity index (χ3n) is 4.60. The van der Waals surface area contributed by atoms with Crippen LogP contribution in [0.4, 0.5) is 0 Å². The monoisotopic (exact) mass is 448 g/mol. The summed E-state index contributed by atoms with van der Waals surface area (Å²) in [5.41, 5.74) is 2.81. The highest BCUT2D eigenvalue weighted by molar-refractivity contribution is 9.10. The van der Waals surface area contributed by atoms with Crippen molar-refractivity contribution in [1.82, 2.24) is 0 Å². The molecule has 144 valence electrons. The van der Waals surface area contributed by atoms with Crippen LogP contribution in [0, 0.1) is 6.92 Å². The summed E-state index contributed by atoms with van der Waals surface area (Å²) >= 11 is 3.42. The van der Waals surface area contributed by atoms with Crippen LogP contribution in [-0.2, 0) is 11.2 Å². The van der Waals surface area contributed by atoms with Gasteiger partial charge in [-0.1, -0.05) is 58.4 Å². The van der Waals surface area contributed by atoms with Crippen molar-refractivity contribution in [1.29, 1.82) is 0 Å². The molecule has 0 fully saturated rings. The predicted molar refractivity (Wildman–Crippen MR) is 114 cm³/mol. The van der Waals surface area contributed by atoms with Gasteiger partial charge in [-0.25, -0.2) is 0 Å². The average molecular weight is 449 g/mol. The fraction of sp³-hybridized carbons (Fsp3) is 0.0833. The van der Waals surface area contributed by atoms with E-state index in [9.17, 15) is 9.59 Å². The third kappa shape index (κ3) is 4.15. The molecule has 29 heavy (non-hydrogen) atoms. The summed E-state index contributed by atoms with van der Waals surface area (Å²) in [5, 5.41) is 0. The highest BCUT2D eigenvalue weighted by atomic mass is 79.9. The highest BCUT2D eigenvalue weighted by Gasteiger charge is 2.30. The number of ether oxygens (including phenoxy) is 2. The number of halogens is 1. The van der Waals surface area contributed by atoms with Crippen LogP contribution in [0.15, 0.2) is 77.0 Å². The number of Topliss-reactive ketones (excluding diaryl/α,β-unsaturated/α-hetero) is 1. The lowest BCUT2D eigenvalue weighted by atomic mass is 10.1. The third-order valence-corrected chi connectivity index (χ3v) is 5.09. The number of carbonyl (C=O) groups excluding carboxylic acids is 2. The molecule has 4 nitrogen and oxygen atoms in total. The second-order valence-electron chi connectivity index (χ2n) is 6.70. The topological polar surface area (TPSA) is 52.6 Å². The molecule has 3 aromatic carbocycles. The van der Waals surface area contributed by atoms with Crippen molar-refractivity contribution in [3.63, 3.8) is 0 Å². The van der Waals surface area contributed by atoms with Crippen LogP contribution in [0.25, 0.3) is 6.08 Å². The fourth-order valence-corrected chi connectivity index (χ4v) is 3.56. The van der Waals surface area contributed by atoms with Gasteiger partial charge in [0.2, 0.25) is 5.78 Å². The molecule has 0 saturated carbocycles. The zero-order chi connectivity index (χ0) is 20.4. The first-order chi connectivity index (χ1) is 14.0. The molecule has 0 N–H and O–H groups in total. The van der Waals surface area contributed by atoms with Gasteiger partial charge in [0, 0.05) is 10.0 Å². The van der Waals surface area contributed by atoms with E-state index in [4.69, 9.17) is 9.47 Å². The van der Waals surface area contributed by atoms with Gasteiger partial charge in [-0.05, 0) is 48.4 Å². The number of hydrogen-bond acceptors (Lipinski definition) is 4.